The average Bonchev–Trinajstić information content (AvgIpc) is 3.23. The SMILES string of the molecule is C[Si](C)(C)CCOCn1cc(C(F)(F)F)c2c(C3CC3)nc(Cl)nc21. The van der Waals surface area contributed by atoms with Crippen LogP contribution in [0.25, 0.3) is 11.0 Å². The quantitative estimate of drug-likeness (QED) is 0.381. The second-order valence-corrected chi connectivity index (χ2v) is 13.7. The number of ether oxygens (including phenoxy) is 1. The van der Waals surface area contributed by atoms with E-state index in [0.29, 0.717) is 12.3 Å². The van der Waals surface area contributed by atoms with Crippen molar-refractivity contribution in [3.8, 4) is 0 Å². The number of rotatable bonds is 6. The van der Waals surface area contributed by atoms with Crippen molar-refractivity contribution in [2.24, 2.45) is 0 Å². The molecule has 0 amide bonds. The molecule has 2 aromatic heterocycles. The molecular weight excluding hydrogens is 371 g/mol. The molecule has 0 atom stereocenters. The Balaban J connectivity index is 1.96. The fourth-order valence-electron chi connectivity index (χ4n) is 2.69. The van der Waals surface area contributed by atoms with Crippen molar-refractivity contribution < 1.29 is 17.9 Å². The number of halogens is 4. The number of hydrogen-bond acceptors (Lipinski definition) is 3. The number of nitrogens with zero attached hydrogens (tertiary/aromatic N) is 3. The molecule has 9 heteroatoms. The molecule has 3 rings (SSSR count). The van der Waals surface area contributed by atoms with Crippen molar-refractivity contribution in [2.75, 3.05) is 6.61 Å². The monoisotopic (exact) mass is 391 g/mol. The highest BCUT2D eigenvalue weighted by Gasteiger charge is 2.39. The predicted octanol–water partition coefficient (Wildman–Crippen LogP) is 5.29. The zero-order valence-electron chi connectivity index (χ0n) is 14.5. The third-order valence-electron chi connectivity index (χ3n) is 4.21. The van der Waals surface area contributed by atoms with Crippen molar-refractivity contribution in [3.63, 3.8) is 0 Å². The fourth-order valence-corrected chi connectivity index (χ4v) is 3.62. The van der Waals surface area contributed by atoms with Crippen molar-refractivity contribution in [1.82, 2.24) is 14.5 Å². The topological polar surface area (TPSA) is 39.9 Å². The molecule has 0 spiro atoms. The van der Waals surface area contributed by atoms with Crippen LogP contribution in [0.1, 0.15) is 30.0 Å². The Morgan fingerprint density at radius 3 is 2.52 bits per heavy atom. The Morgan fingerprint density at radius 1 is 1.28 bits per heavy atom. The van der Waals surface area contributed by atoms with Crippen LogP contribution in [-0.4, -0.2) is 29.2 Å². The first-order chi connectivity index (χ1) is 11.6. The summed E-state index contributed by atoms with van der Waals surface area (Å²) in [5.74, 6) is 0.0350. The van der Waals surface area contributed by atoms with Crippen LogP contribution in [0.2, 0.25) is 31.0 Å². The molecular formula is C16H21ClF3N3OSi. The first-order valence-corrected chi connectivity index (χ1v) is 12.4. The standard InChI is InChI=1S/C16H21ClF3N3OSi/c1-25(2,3)7-6-24-9-23-8-11(16(18,19)20)12-13(10-4-5-10)21-15(17)22-14(12)23/h8,10H,4-7,9H2,1-3H3. The third-order valence-corrected chi connectivity index (χ3v) is 6.09. The minimum absolute atomic E-state index is 0.0223. The number of hydrogen-bond donors (Lipinski definition) is 0. The number of aromatic nitrogens is 3. The normalized spacial score (nSPS) is 16.0. The Hall–Kier alpha value is -1.12. The fraction of sp³-hybridized carbons (Fsp3) is 0.625. The minimum atomic E-state index is -4.47. The van der Waals surface area contributed by atoms with E-state index in [2.05, 4.69) is 29.6 Å². The van der Waals surface area contributed by atoms with Gasteiger partial charge in [0.25, 0.3) is 0 Å². The molecule has 0 N–H and O–H groups in total. The highest BCUT2D eigenvalue weighted by atomic mass is 35.5. The van der Waals surface area contributed by atoms with Crippen LogP contribution < -0.4 is 0 Å². The van der Waals surface area contributed by atoms with Gasteiger partial charge in [-0.25, -0.2) is 4.98 Å². The zero-order chi connectivity index (χ0) is 18.4. The van der Waals surface area contributed by atoms with Gasteiger partial charge >= 0.3 is 6.18 Å². The molecule has 1 aliphatic rings. The average molecular weight is 392 g/mol. The van der Waals surface area contributed by atoms with E-state index in [9.17, 15) is 13.2 Å². The minimum Gasteiger partial charge on any atom is -0.361 e. The van der Waals surface area contributed by atoms with E-state index in [4.69, 9.17) is 16.3 Å². The molecule has 25 heavy (non-hydrogen) atoms. The summed E-state index contributed by atoms with van der Waals surface area (Å²) in [5.41, 5.74) is -0.111. The molecule has 2 aromatic rings. The van der Waals surface area contributed by atoms with Gasteiger partial charge < -0.3 is 9.30 Å². The molecule has 0 bridgehead atoms. The van der Waals surface area contributed by atoms with E-state index >= 15 is 0 Å². The molecule has 0 saturated heterocycles. The summed E-state index contributed by atoms with van der Waals surface area (Å²) in [6.45, 7) is 7.20. The molecule has 138 valence electrons. The maximum absolute atomic E-state index is 13.5. The first-order valence-electron chi connectivity index (χ1n) is 8.27. The molecule has 1 saturated carbocycles. The maximum atomic E-state index is 13.5. The van der Waals surface area contributed by atoms with E-state index in [1.54, 1.807) is 0 Å². The van der Waals surface area contributed by atoms with Crippen molar-refractivity contribution >= 4 is 30.7 Å². The van der Waals surface area contributed by atoms with Crippen LogP contribution >= 0.6 is 11.6 Å². The summed E-state index contributed by atoms with van der Waals surface area (Å²) in [6, 6.07) is 0.946. The van der Waals surface area contributed by atoms with E-state index in [1.807, 2.05) is 0 Å². The lowest BCUT2D eigenvalue weighted by Crippen LogP contribution is -2.22. The molecule has 0 unspecified atom stereocenters. The largest absolute Gasteiger partial charge is 0.418 e. The van der Waals surface area contributed by atoms with Crippen LogP contribution in [0.4, 0.5) is 13.2 Å². The Labute approximate surface area is 150 Å². The van der Waals surface area contributed by atoms with Crippen molar-refractivity contribution in [1.29, 1.82) is 0 Å². The summed E-state index contributed by atoms with van der Waals surface area (Å²) in [7, 11) is -1.26. The third kappa shape index (κ3) is 4.35. The summed E-state index contributed by atoms with van der Waals surface area (Å²) in [5, 5.41) is 0.0396. The summed E-state index contributed by atoms with van der Waals surface area (Å²) < 4.78 is 47.5. The summed E-state index contributed by atoms with van der Waals surface area (Å²) >= 11 is 5.96. The molecule has 0 radical (unpaired) electrons. The lowest BCUT2D eigenvalue weighted by atomic mass is 10.1. The van der Waals surface area contributed by atoms with Crippen LogP contribution in [0, 0.1) is 0 Å². The molecule has 1 fully saturated rings. The molecule has 4 nitrogen and oxygen atoms in total. The predicted molar refractivity (Wildman–Crippen MR) is 93.6 cm³/mol. The second kappa shape index (κ2) is 6.55. The van der Waals surface area contributed by atoms with Gasteiger partial charge in [-0.05, 0) is 30.5 Å². The van der Waals surface area contributed by atoms with Gasteiger partial charge in [0.1, 0.15) is 12.4 Å². The lowest BCUT2D eigenvalue weighted by Gasteiger charge is -2.15. The first kappa shape index (κ1) is 18.7. The maximum Gasteiger partial charge on any atom is 0.418 e. The van der Waals surface area contributed by atoms with Gasteiger partial charge in [-0.3, -0.25) is 0 Å². The van der Waals surface area contributed by atoms with Crippen LogP contribution in [0.3, 0.4) is 0 Å². The Morgan fingerprint density at radius 2 is 1.96 bits per heavy atom. The Bertz CT molecular complexity index is 781. The second-order valence-electron chi connectivity index (χ2n) is 7.71. The number of alkyl halides is 3. The highest BCUT2D eigenvalue weighted by Crippen LogP contribution is 2.46. The highest BCUT2D eigenvalue weighted by molar-refractivity contribution is 6.76. The smallest absolute Gasteiger partial charge is 0.361 e. The van der Waals surface area contributed by atoms with E-state index in [0.717, 1.165) is 25.1 Å². The van der Waals surface area contributed by atoms with Gasteiger partial charge in [0, 0.05) is 26.8 Å². The van der Waals surface area contributed by atoms with E-state index < -0.39 is 19.8 Å². The Kier molecular flexibility index (Phi) is 4.89. The zero-order valence-corrected chi connectivity index (χ0v) is 16.2. The van der Waals surface area contributed by atoms with Gasteiger partial charge in [-0.15, -0.1) is 0 Å². The molecule has 0 aromatic carbocycles. The summed E-state index contributed by atoms with van der Waals surface area (Å²) in [6.07, 6.45) is -1.74. The van der Waals surface area contributed by atoms with Gasteiger partial charge in [0.2, 0.25) is 5.28 Å². The molecule has 1 aliphatic carbocycles. The van der Waals surface area contributed by atoms with Gasteiger partial charge in [-0.2, -0.15) is 18.2 Å². The molecule has 2 heterocycles. The molecule has 0 aliphatic heterocycles. The van der Waals surface area contributed by atoms with Crippen LogP contribution in [-0.2, 0) is 17.6 Å². The summed E-state index contributed by atoms with van der Waals surface area (Å²) in [4.78, 5) is 8.14. The van der Waals surface area contributed by atoms with E-state index in [-0.39, 0.29) is 29.0 Å². The van der Waals surface area contributed by atoms with Crippen LogP contribution in [0.5, 0.6) is 0 Å². The van der Waals surface area contributed by atoms with Crippen molar-refractivity contribution in [2.45, 2.75) is 57.4 Å². The van der Waals surface area contributed by atoms with E-state index in [1.165, 1.54) is 4.57 Å². The van der Waals surface area contributed by atoms with Gasteiger partial charge in [0.05, 0.1) is 16.6 Å². The van der Waals surface area contributed by atoms with Crippen LogP contribution in [0.15, 0.2) is 6.20 Å². The lowest BCUT2D eigenvalue weighted by molar-refractivity contribution is -0.136. The van der Waals surface area contributed by atoms with Gasteiger partial charge in [-0.1, -0.05) is 19.6 Å². The van der Waals surface area contributed by atoms with Gasteiger partial charge in [0.15, 0.2) is 0 Å². The van der Waals surface area contributed by atoms with Crippen molar-refractivity contribution in [3.05, 3.63) is 22.7 Å². The number of fused-ring (bicyclic) bond motifs is 1.